The second-order valence-electron chi connectivity index (χ2n) is 5.12. The van der Waals surface area contributed by atoms with Crippen molar-refractivity contribution in [1.82, 2.24) is 4.90 Å². The molecule has 0 aromatic heterocycles. The SMILES string of the molecule is CN1CCC(Sc2ccccc2)C1=O.Cc1ccccc1. The van der Waals surface area contributed by atoms with Gasteiger partial charge in [-0.3, -0.25) is 4.79 Å². The minimum Gasteiger partial charge on any atom is -0.345 e. The largest absolute Gasteiger partial charge is 0.345 e. The van der Waals surface area contributed by atoms with Crippen LogP contribution in [0.3, 0.4) is 0 Å². The van der Waals surface area contributed by atoms with Gasteiger partial charge in [-0.15, -0.1) is 11.8 Å². The van der Waals surface area contributed by atoms with Gasteiger partial charge in [0, 0.05) is 18.5 Å². The Balaban J connectivity index is 0.000000194. The standard InChI is InChI=1S/C11H13NOS.C7H8/c1-12-8-7-10(11(12)13)14-9-5-3-2-4-6-9;1-7-5-3-2-4-6-7/h2-6,10H,7-8H2,1H3;2-6H,1H3. The number of amides is 1. The van der Waals surface area contributed by atoms with E-state index in [1.54, 1.807) is 16.7 Å². The van der Waals surface area contributed by atoms with Crippen molar-refractivity contribution < 1.29 is 4.79 Å². The van der Waals surface area contributed by atoms with Crippen molar-refractivity contribution in [2.24, 2.45) is 0 Å². The van der Waals surface area contributed by atoms with Crippen LogP contribution in [0.15, 0.2) is 65.6 Å². The molecule has 0 radical (unpaired) electrons. The van der Waals surface area contributed by atoms with Gasteiger partial charge in [0.1, 0.15) is 0 Å². The third-order valence-corrected chi connectivity index (χ3v) is 4.61. The van der Waals surface area contributed by atoms with Gasteiger partial charge in [0.05, 0.1) is 5.25 Å². The summed E-state index contributed by atoms with van der Waals surface area (Å²) in [6.45, 7) is 2.98. The normalized spacial score (nSPS) is 17.3. The first-order chi connectivity index (χ1) is 10.2. The Hall–Kier alpha value is -1.74. The predicted molar refractivity (Wildman–Crippen MR) is 89.5 cm³/mol. The highest BCUT2D eigenvalue weighted by Crippen LogP contribution is 2.29. The lowest BCUT2D eigenvalue weighted by atomic mass is 10.2. The number of nitrogens with zero attached hydrogens (tertiary/aromatic N) is 1. The number of aryl methyl sites for hydroxylation is 1. The Morgan fingerprint density at radius 3 is 2.00 bits per heavy atom. The summed E-state index contributed by atoms with van der Waals surface area (Å²) < 4.78 is 0. The van der Waals surface area contributed by atoms with Gasteiger partial charge in [-0.1, -0.05) is 54.1 Å². The molecule has 0 aliphatic carbocycles. The van der Waals surface area contributed by atoms with E-state index in [1.807, 2.05) is 43.4 Å². The van der Waals surface area contributed by atoms with Crippen LogP contribution in [0.2, 0.25) is 0 Å². The summed E-state index contributed by atoms with van der Waals surface area (Å²) in [5.41, 5.74) is 1.32. The smallest absolute Gasteiger partial charge is 0.235 e. The van der Waals surface area contributed by atoms with Crippen LogP contribution in [0.5, 0.6) is 0 Å². The molecule has 2 nitrogen and oxygen atoms in total. The lowest BCUT2D eigenvalue weighted by Gasteiger charge is -2.09. The summed E-state index contributed by atoms with van der Waals surface area (Å²) in [6.07, 6.45) is 0.967. The summed E-state index contributed by atoms with van der Waals surface area (Å²) in [5, 5.41) is 0.127. The molecule has 1 heterocycles. The van der Waals surface area contributed by atoms with Gasteiger partial charge >= 0.3 is 0 Å². The molecule has 1 atom stereocenters. The maximum Gasteiger partial charge on any atom is 0.235 e. The van der Waals surface area contributed by atoms with Crippen molar-refractivity contribution in [1.29, 1.82) is 0 Å². The first kappa shape index (κ1) is 15.6. The van der Waals surface area contributed by atoms with E-state index in [2.05, 4.69) is 31.2 Å². The van der Waals surface area contributed by atoms with Crippen LogP contribution in [0.25, 0.3) is 0 Å². The second-order valence-corrected chi connectivity index (χ2v) is 6.40. The monoisotopic (exact) mass is 299 g/mol. The van der Waals surface area contributed by atoms with Gasteiger partial charge in [-0.05, 0) is 25.5 Å². The molecule has 1 aliphatic heterocycles. The number of hydrogen-bond donors (Lipinski definition) is 0. The molecule has 110 valence electrons. The molecular weight excluding hydrogens is 278 g/mol. The minimum absolute atomic E-state index is 0.127. The number of thioether (sulfide) groups is 1. The molecule has 1 unspecified atom stereocenters. The van der Waals surface area contributed by atoms with Crippen LogP contribution < -0.4 is 0 Å². The van der Waals surface area contributed by atoms with Crippen LogP contribution in [-0.4, -0.2) is 29.6 Å². The fourth-order valence-corrected chi connectivity index (χ4v) is 3.24. The molecule has 1 fully saturated rings. The van der Waals surface area contributed by atoms with E-state index in [4.69, 9.17) is 0 Å². The topological polar surface area (TPSA) is 20.3 Å². The quantitative estimate of drug-likeness (QED) is 0.835. The highest BCUT2D eigenvalue weighted by Gasteiger charge is 2.29. The third-order valence-electron chi connectivity index (χ3n) is 3.34. The molecule has 0 N–H and O–H groups in total. The molecule has 21 heavy (non-hydrogen) atoms. The van der Waals surface area contributed by atoms with Crippen LogP contribution in [0, 0.1) is 6.92 Å². The van der Waals surface area contributed by atoms with E-state index in [1.165, 1.54) is 10.5 Å². The average Bonchev–Trinajstić information content (AvgIpc) is 2.82. The highest BCUT2D eigenvalue weighted by atomic mass is 32.2. The molecule has 1 saturated heterocycles. The minimum atomic E-state index is 0.127. The zero-order valence-electron chi connectivity index (χ0n) is 12.5. The lowest BCUT2D eigenvalue weighted by Crippen LogP contribution is -2.23. The van der Waals surface area contributed by atoms with Crippen molar-refractivity contribution in [3.05, 3.63) is 66.2 Å². The van der Waals surface area contributed by atoms with Crippen molar-refractivity contribution >= 4 is 17.7 Å². The Bertz CT molecular complexity index is 556. The molecule has 2 aromatic rings. The van der Waals surface area contributed by atoms with Gasteiger partial charge in [0.2, 0.25) is 5.91 Å². The maximum absolute atomic E-state index is 11.6. The lowest BCUT2D eigenvalue weighted by molar-refractivity contribution is -0.126. The molecule has 0 saturated carbocycles. The zero-order valence-corrected chi connectivity index (χ0v) is 13.3. The van der Waals surface area contributed by atoms with Crippen LogP contribution in [-0.2, 0) is 4.79 Å². The van der Waals surface area contributed by atoms with E-state index < -0.39 is 0 Å². The number of hydrogen-bond acceptors (Lipinski definition) is 2. The Kier molecular flexibility index (Phi) is 5.88. The average molecular weight is 299 g/mol. The van der Waals surface area contributed by atoms with Crippen molar-refractivity contribution in [3.63, 3.8) is 0 Å². The Morgan fingerprint density at radius 1 is 1.00 bits per heavy atom. The molecule has 1 amide bonds. The summed E-state index contributed by atoms with van der Waals surface area (Å²) in [7, 11) is 1.87. The molecular formula is C18H21NOS. The van der Waals surface area contributed by atoms with Crippen molar-refractivity contribution in [3.8, 4) is 0 Å². The Morgan fingerprint density at radius 2 is 1.57 bits per heavy atom. The summed E-state index contributed by atoms with van der Waals surface area (Å²) >= 11 is 1.67. The van der Waals surface area contributed by atoms with E-state index in [-0.39, 0.29) is 11.2 Å². The van der Waals surface area contributed by atoms with E-state index in [0.717, 1.165) is 13.0 Å². The number of carbonyl (C=O) groups is 1. The van der Waals surface area contributed by atoms with Gasteiger partial charge in [0.15, 0.2) is 0 Å². The van der Waals surface area contributed by atoms with Crippen LogP contribution >= 0.6 is 11.8 Å². The number of rotatable bonds is 2. The predicted octanol–water partition coefficient (Wildman–Crippen LogP) is 4.00. The number of likely N-dealkylation sites (tertiary alicyclic amines) is 1. The van der Waals surface area contributed by atoms with Gasteiger partial charge in [0.25, 0.3) is 0 Å². The second kappa shape index (κ2) is 7.89. The molecule has 0 spiro atoms. The van der Waals surface area contributed by atoms with Gasteiger partial charge in [-0.2, -0.15) is 0 Å². The number of benzene rings is 2. The summed E-state index contributed by atoms with van der Waals surface area (Å²) in [5.74, 6) is 0.263. The third kappa shape index (κ3) is 4.94. The first-order valence-corrected chi connectivity index (χ1v) is 8.03. The fraction of sp³-hybridized carbons (Fsp3) is 0.278. The van der Waals surface area contributed by atoms with Crippen molar-refractivity contribution in [2.75, 3.05) is 13.6 Å². The van der Waals surface area contributed by atoms with Gasteiger partial charge < -0.3 is 4.90 Å². The summed E-state index contributed by atoms with van der Waals surface area (Å²) in [6, 6.07) is 20.4. The van der Waals surface area contributed by atoms with Crippen LogP contribution in [0.1, 0.15) is 12.0 Å². The molecule has 3 rings (SSSR count). The zero-order chi connectivity index (χ0) is 15.1. The first-order valence-electron chi connectivity index (χ1n) is 7.15. The van der Waals surface area contributed by atoms with Crippen LogP contribution in [0.4, 0.5) is 0 Å². The molecule has 3 heteroatoms. The molecule has 1 aliphatic rings. The Labute approximate surface area is 131 Å². The highest BCUT2D eigenvalue weighted by molar-refractivity contribution is 8.00. The number of carbonyl (C=O) groups excluding carboxylic acids is 1. The fourth-order valence-electron chi connectivity index (χ4n) is 2.10. The molecule has 2 aromatic carbocycles. The van der Waals surface area contributed by atoms with E-state index in [0.29, 0.717) is 0 Å². The van der Waals surface area contributed by atoms with E-state index >= 15 is 0 Å². The molecule has 0 bridgehead atoms. The summed E-state index contributed by atoms with van der Waals surface area (Å²) in [4.78, 5) is 14.6. The van der Waals surface area contributed by atoms with Gasteiger partial charge in [-0.25, -0.2) is 0 Å². The van der Waals surface area contributed by atoms with Crippen molar-refractivity contribution in [2.45, 2.75) is 23.5 Å². The van der Waals surface area contributed by atoms with E-state index in [9.17, 15) is 4.79 Å². The maximum atomic E-state index is 11.6.